The van der Waals surface area contributed by atoms with Crippen LogP contribution in [0.15, 0.2) is 24.3 Å². The molecule has 2 amide bonds. The van der Waals surface area contributed by atoms with Crippen molar-refractivity contribution in [3.63, 3.8) is 0 Å². The number of morpholine rings is 1. The summed E-state index contributed by atoms with van der Waals surface area (Å²) in [6, 6.07) is 8.07. The lowest BCUT2D eigenvalue weighted by molar-refractivity contribution is -0.176. The van der Waals surface area contributed by atoms with Crippen LogP contribution in [0, 0.1) is 0 Å². The van der Waals surface area contributed by atoms with Crippen molar-refractivity contribution in [2.45, 2.75) is 38.2 Å². The van der Waals surface area contributed by atoms with Crippen LogP contribution < -0.4 is 4.74 Å². The molecule has 0 saturated carbocycles. The van der Waals surface area contributed by atoms with Crippen molar-refractivity contribution in [1.82, 2.24) is 9.80 Å². The van der Waals surface area contributed by atoms with Crippen molar-refractivity contribution < 1.29 is 23.8 Å². The second-order valence-corrected chi connectivity index (χ2v) is 7.69. The summed E-state index contributed by atoms with van der Waals surface area (Å²) in [7, 11) is 1.77. The van der Waals surface area contributed by atoms with Gasteiger partial charge in [0.2, 0.25) is 5.91 Å². The van der Waals surface area contributed by atoms with E-state index in [0.29, 0.717) is 39.3 Å². The molecule has 2 aliphatic rings. The molecule has 0 aliphatic carbocycles. The van der Waals surface area contributed by atoms with Gasteiger partial charge in [0, 0.05) is 20.2 Å². The fraction of sp³-hybridized carbons (Fsp3) is 0.636. The molecule has 2 aliphatic heterocycles. The minimum Gasteiger partial charge on any atom is -0.491 e. The Bertz CT molecular complexity index is 710. The first-order chi connectivity index (χ1) is 14.1. The van der Waals surface area contributed by atoms with Crippen LogP contribution in [0.4, 0.5) is 0 Å². The number of carbonyl (C=O) groups excluding carboxylic acids is 2. The van der Waals surface area contributed by atoms with Gasteiger partial charge in [0.05, 0.1) is 19.7 Å². The van der Waals surface area contributed by atoms with Crippen LogP contribution in [-0.4, -0.2) is 80.3 Å². The number of carbonyl (C=O) groups is 2. The number of fused-ring (bicyclic) bond motifs is 1. The smallest absolute Gasteiger partial charge is 0.256 e. The summed E-state index contributed by atoms with van der Waals surface area (Å²) in [5, 5.41) is 0. The van der Waals surface area contributed by atoms with E-state index >= 15 is 0 Å². The Morgan fingerprint density at radius 1 is 1.21 bits per heavy atom. The summed E-state index contributed by atoms with van der Waals surface area (Å²) < 4.78 is 17.3. The summed E-state index contributed by atoms with van der Waals surface area (Å²) >= 11 is 0. The van der Waals surface area contributed by atoms with E-state index in [-0.39, 0.29) is 25.0 Å². The number of nitrogens with zero attached hydrogens (tertiary/aromatic N) is 2. The highest BCUT2D eigenvalue weighted by atomic mass is 16.5. The van der Waals surface area contributed by atoms with Crippen molar-refractivity contribution in [1.29, 1.82) is 0 Å². The second-order valence-electron chi connectivity index (χ2n) is 7.69. The quantitative estimate of drug-likeness (QED) is 0.770. The maximum absolute atomic E-state index is 13.3. The first-order valence-electron chi connectivity index (χ1n) is 10.5. The highest BCUT2D eigenvalue weighted by Gasteiger charge is 2.45. The molecule has 1 aromatic carbocycles. The van der Waals surface area contributed by atoms with Crippen LogP contribution in [0.5, 0.6) is 5.75 Å². The third-order valence-electron chi connectivity index (χ3n) is 5.64. The molecule has 1 fully saturated rings. The van der Waals surface area contributed by atoms with Gasteiger partial charge in [-0.3, -0.25) is 9.59 Å². The van der Waals surface area contributed by atoms with E-state index < -0.39 is 5.60 Å². The van der Waals surface area contributed by atoms with Gasteiger partial charge < -0.3 is 24.0 Å². The molecule has 29 heavy (non-hydrogen) atoms. The number of amides is 2. The molecule has 2 heterocycles. The van der Waals surface area contributed by atoms with E-state index in [0.717, 1.165) is 25.0 Å². The molecule has 160 valence electrons. The molecule has 0 N–H and O–H groups in total. The zero-order chi connectivity index (χ0) is 20.7. The summed E-state index contributed by atoms with van der Waals surface area (Å²) in [4.78, 5) is 29.2. The van der Waals surface area contributed by atoms with Crippen LogP contribution in [0.1, 0.15) is 31.7 Å². The zero-order valence-electron chi connectivity index (χ0n) is 17.5. The largest absolute Gasteiger partial charge is 0.491 e. The highest BCUT2D eigenvalue weighted by molar-refractivity contribution is 5.87. The van der Waals surface area contributed by atoms with Crippen LogP contribution in [0.25, 0.3) is 0 Å². The lowest BCUT2D eigenvalue weighted by atomic mass is 9.91. The Kier molecular flexibility index (Phi) is 7.50. The third kappa shape index (κ3) is 5.28. The van der Waals surface area contributed by atoms with Crippen LogP contribution in [-0.2, 0) is 25.5 Å². The number of rotatable bonds is 3. The molecular formula is C22H32N2O5. The molecule has 1 unspecified atom stereocenters. The highest BCUT2D eigenvalue weighted by Crippen LogP contribution is 2.29. The molecule has 7 nitrogen and oxygen atoms in total. The molecule has 1 aromatic rings. The molecule has 1 atom stereocenters. The zero-order valence-corrected chi connectivity index (χ0v) is 17.5. The van der Waals surface area contributed by atoms with Gasteiger partial charge in [-0.05, 0) is 44.2 Å². The Balaban J connectivity index is 1.75. The van der Waals surface area contributed by atoms with E-state index in [1.54, 1.807) is 16.8 Å². The van der Waals surface area contributed by atoms with E-state index in [4.69, 9.17) is 14.2 Å². The number of hydrogen-bond acceptors (Lipinski definition) is 5. The average molecular weight is 405 g/mol. The minimum atomic E-state index is -0.992. The van der Waals surface area contributed by atoms with Gasteiger partial charge in [-0.1, -0.05) is 18.2 Å². The molecule has 3 rings (SSSR count). The van der Waals surface area contributed by atoms with E-state index in [9.17, 15) is 9.59 Å². The van der Waals surface area contributed by atoms with Crippen molar-refractivity contribution in [2.24, 2.45) is 0 Å². The van der Waals surface area contributed by atoms with Crippen molar-refractivity contribution >= 4 is 11.8 Å². The number of aryl methyl sites for hydroxylation is 1. The number of benzene rings is 1. The van der Waals surface area contributed by atoms with Gasteiger partial charge in [-0.15, -0.1) is 0 Å². The molecule has 0 aromatic heterocycles. The summed E-state index contributed by atoms with van der Waals surface area (Å²) in [6.07, 6.45) is 3.25. The minimum absolute atomic E-state index is 0.0429. The van der Waals surface area contributed by atoms with Gasteiger partial charge >= 0.3 is 0 Å². The molecular weight excluding hydrogens is 372 g/mol. The van der Waals surface area contributed by atoms with Gasteiger partial charge in [0.15, 0.2) is 5.60 Å². The predicted octanol–water partition coefficient (Wildman–Crippen LogP) is 1.88. The normalized spacial score (nSPS) is 23.7. The van der Waals surface area contributed by atoms with Crippen LogP contribution in [0.3, 0.4) is 0 Å². The monoisotopic (exact) mass is 404 g/mol. The summed E-state index contributed by atoms with van der Waals surface area (Å²) in [5.41, 5.74) is 0.197. The van der Waals surface area contributed by atoms with Gasteiger partial charge in [0.25, 0.3) is 5.91 Å². The van der Waals surface area contributed by atoms with Crippen LogP contribution in [0.2, 0.25) is 0 Å². The van der Waals surface area contributed by atoms with Gasteiger partial charge in [-0.2, -0.15) is 0 Å². The van der Waals surface area contributed by atoms with E-state index in [2.05, 4.69) is 6.07 Å². The summed E-state index contributed by atoms with van der Waals surface area (Å²) in [6.45, 7) is 4.40. The molecule has 1 spiro atoms. The maximum Gasteiger partial charge on any atom is 0.256 e. The van der Waals surface area contributed by atoms with Crippen molar-refractivity contribution in [3.05, 3.63) is 29.8 Å². The fourth-order valence-electron chi connectivity index (χ4n) is 3.98. The fourth-order valence-corrected chi connectivity index (χ4v) is 3.98. The predicted molar refractivity (Wildman–Crippen MR) is 109 cm³/mol. The third-order valence-corrected chi connectivity index (χ3v) is 5.64. The molecule has 0 radical (unpaired) electrons. The van der Waals surface area contributed by atoms with Crippen LogP contribution >= 0.6 is 0 Å². The molecule has 1 saturated heterocycles. The van der Waals surface area contributed by atoms with E-state index in [1.165, 1.54) is 5.56 Å². The SMILES string of the molecule is CCOCC(=O)N1CCOC2(CCCCc3ccccc3OCCN(C)C2=O)C1. The number of hydrogen-bond donors (Lipinski definition) is 0. The first-order valence-corrected chi connectivity index (χ1v) is 10.5. The number of ether oxygens (including phenoxy) is 3. The lowest BCUT2D eigenvalue weighted by Crippen LogP contribution is -2.61. The number of likely N-dealkylation sites (N-methyl/N-ethyl adjacent to an activating group) is 1. The van der Waals surface area contributed by atoms with Gasteiger partial charge in [0.1, 0.15) is 19.0 Å². The van der Waals surface area contributed by atoms with Gasteiger partial charge in [-0.25, -0.2) is 0 Å². The topological polar surface area (TPSA) is 68.3 Å². The Labute approximate surface area is 172 Å². The van der Waals surface area contributed by atoms with E-state index in [1.807, 2.05) is 25.1 Å². The Morgan fingerprint density at radius 2 is 2.03 bits per heavy atom. The molecule has 0 bridgehead atoms. The molecule has 7 heteroatoms. The first kappa shape index (κ1) is 21.6. The Hall–Kier alpha value is -2.12. The second kappa shape index (κ2) is 10.1. The standard InChI is InChI=1S/C22H32N2O5/c1-3-27-16-20(25)24-13-15-29-22(17-24)11-7-6-9-18-8-4-5-10-19(18)28-14-12-23(2)21(22)26/h4-5,8,10H,3,6-7,9,11-17H2,1-2H3. The maximum atomic E-state index is 13.3. The number of para-hydroxylation sites is 1. The summed E-state index contributed by atoms with van der Waals surface area (Å²) in [5.74, 6) is 0.725. The van der Waals surface area contributed by atoms with Crippen molar-refractivity contribution in [2.75, 3.05) is 53.1 Å². The lowest BCUT2D eigenvalue weighted by Gasteiger charge is -2.43. The van der Waals surface area contributed by atoms with Crippen molar-refractivity contribution in [3.8, 4) is 5.75 Å². The Morgan fingerprint density at radius 3 is 2.86 bits per heavy atom. The average Bonchev–Trinajstić information content (AvgIpc) is 2.74.